The van der Waals surface area contributed by atoms with Crippen molar-refractivity contribution in [1.29, 1.82) is 0 Å². The maximum atomic E-state index is 11.4. The lowest BCUT2D eigenvalue weighted by atomic mass is 10.2. The van der Waals surface area contributed by atoms with Crippen LogP contribution in [0.25, 0.3) is 5.65 Å². The van der Waals surface area contributed by atoms with Crippen LogP contribution in [0.5, 0.6) is 0 Å². The lowest BCUT2D eigenvalue weighted by molar-refractivity contribution is -0.124. The SMILES string of the molecule is CC(C)C(=O)NCc1nnc2ccccn12. The van der Waals surface area contributed by atoms with E-state index in [2.05, 4.69) is 15.5 Å². The zero-order chi connectivity index (χ0) is 11.5. The van der Waals surface area contributed by atoms with E-state index in [4.69, 9.17) is 0 Å². The van der Waals surface area contributed by atoms with Crippen molar-refractivity contribution in [2.24, 2.45) is 5.92 Å². The number of aromatic nitrogens is 3. The second-order valence-corrected chi connectivity index (χ2v) is 3.92. The highest BCUT2D eigenvalue weighted by molar-refractivity contribution is 5.77. The van der Waals surface area contributed by atoms with Crippen LogP contribution in [0.4, 0.5) is 0 Å². The third-order valence-electron chi connectivity index (χ3n) is 2.33. The van der Waals surface area contributed by atoms with Crippen LogP contribution < -0.4 is 5.32 Å². The van der Waals surface area contributed by atoms with Gasteiger partial charge in [0.2, 0.25) is 5.91 Å². The van der Waals surface area contributed by atoms with Crippen molar-refractivity contribution in [3.63, 3.8) is 0 Å². The molecule has 16 heavy (non-hydrogen) atoms. The molecule has 0 saturated carbocycles. The molecule has 5 heteroatoms. The molecule has 0 aromatic carbocycles. The van der Waals surface area contributed by atoms with E-state index in [0.717, 1.165) is 11.5 Å². The first kappa shape index (κ1) is 10.6. The molecule has 2 aromatic heterocycles. The molecule has 1 amide bonds. The van der Waals surface area contributed by atoms with Gasteiger partial charge in [0.25, 0.3) is 0 Å². The number of amides is 1. The normalized spacial score (nSPS) is 10.9. The topological polar surface area (TPSA) is 59.3 Å². The summed E-state index contributed by atoms with van der Waals surface area (Å²) in [5.74, 6) is 0.747. The third-order valence-corrected chi connectivity index (χ3v) is 2.33. The predicted octanol–water partition coefficient (Wildman–Crippen LogP) is 1.00. The Bertz CT molecular complexity index is 503. The van der Waals surface area contributed by atoms with Crippen LogP contribution in [-0.4, -0.2) is 20.5 Å². The Morgan fingerprint density at radius 1 is 1.44 bits per heavy atom. The van der Waals surface area contributed by atoms with E-state index < -0.39 is 0 Å². The van der Waals surface area contributed by atoms with Crippen molar-refractivity contribution in [3.8, 4) is 0 Å². The van der Waals surface area contributed by atoms with Gasteiger partial charge in [-0.25, -0.2) is 0 Å². The molecule has 0 bridgehead atoms. The average molecular weight is 218 g/mol. The Morgan fingerprint density at radius 2 is 2.25 bits per heavy atom. The first-order valence-corrected chi connectivity index (χ1v) is 5.25. The summed E-state index contributed by atoms with van der Waals surface area (Å²) < 4.78 is 1.86. The van der Waals surface area contributed by atoms with Crippen LogP contribution in [0.15, 0.2) is 24.4 Å². The number of hydrogen-bond acceptors (Lipinski definition) is 3. The molecule has 2 heterocycles. The van der Waals surface area contributed by atoms with Crippen molar-refractivity contribution in [2.45, 2.75) is 20.4 Å². The fraction of sp³-hybridized carbons (Fsp3) is 0.364. The summed E-state index contributed by atoms with van der Waals surface area (Å²) >= 11 is 0. The minimum atomic E-state index is -0.0146. The molecule has 5 nitrogen and oxygen atoms in total. The van der Waals surface area contributed by atoms with Crippen LogP contribution in [0, 0.1) is 5.92 Å². The fourth-order valence-electron chi connectivity index (χ4n) is 1.38. The van der Waals surface area contributed by atoms with Crippen molar-refractivity contribution < 1.29 is 4.79 Å². The summed E-state index contributed by atoms with van der Waals surface area (Å²) in [4.78, 5) is 11.4. The van der Waals surface area contributed by atoms with Crippen LogP contribution in [-0.2, 0) is 11.3 Å². The van der Waals surface area contributed by atoms with Gasteiger partial charge in [0.15, 0.2) is 11.5 Å². The number of carbonyl (C=O) groups excluding carboxylic acids is 1. The molecular formula is C11H14N4O. The van der Waals surface area contributed by atoms with Gasteiger partial charge in [0.1, 0.15) is 0 Å². The van der Waals surface area contributed by atoms with Crippen molar-refractivity contribution in [3.05, 3.63) is 30.2 Å². The monoisotopic (exact) mass is 218 g/mol. The van der Waals surface area contributed by atoms with E-state index in [9.17, 15) is 4.79 Å². The highest BCUT2D eigenvalue weighted by atomic mass is 16.1. The molecular weight excluding hydrogens is 204 g/mol. The van der Waals surface area contributed by atoms with E-state index in [1.807, 2.05) is 42.6 Å². The van der Waals surface area contributed by atoms with Crippen molar-refractivity contribution in [2.75, 3.05) is 0 Å². The van der Waals surface area contributed by atoms with Gasteiger partial charge in [-0.1, -0.05) is 19.9 Å². The van der Waals surface area contributed by atoms with Crippen molar-refractivity contribution >= 4 is 11.6 Å². The summed E-state index contributed by atoms with van der Waals surface area (Å²) in [5.41, 5.74) is 0.788. The summed E-state index contributed by atoms with van der Waals surface area (Å²) in [6.07, 6.45) is 1.88. The zero-order valence-electron chi connectivity index (χ0n) is 9.34. The van der Waals surface area contributed by atoms with Gasteiger partial charge >= 0.3 is 0 Å². The summed E-state index contributed by atoms with van der Waals surface area (Å²) in [7, 11) is 0. The lowest BCUT2D eigenvalue weighted by Crippen LogP contribution is -2.27. The van der Waals surface area contributed by atoms with Gasteiger partial charge < -0.3 is 5.32 Å². The van der Waals surface area contributed by atoms with Gasteiger partial charge in [-0.15, -0.1) is 10.2 Å². The Hall–Kier alpha value is -1.91. The molecule has 1 N–H and O–H groups in total. The molecule has 2 aromatic rings. The van der Waals surface area contributed by atoms with Gasteiger partial charge in [0, 0.05) is 12.1 Å². The van der Waals surface area contributed by atoms with Gasteiger partial charge in [0.05, 0.1) is 6.54 Å². The summed E-state index contributed by atoms with van der Waals surface area (Å²) in [6, 6.07) is 5.69. The number of rotatable bonds is 3. The predicted molar refractivity (Wildman–Crippen MR) is 59.7 cm³/mol. The second-order valence-electron chi connectivity index (χ2n) is 3.92. The van der Waals surface area contributed by atoms with Gasteiger partial charge in [-0.3, -0.25) is 9.20 Å². The van der Waals surface area contributed by atoms with Crippen LogP contribution >= 0.6 is 0 Å². The van der Waals surface area contributed by atoms with E-state index in [1.165, 1.54) is 0 Å². The van der Waals surface area contributed by atoms with E-state index in [1.54, 1.807) is 0 Å². The smallest absolute Gasteiger partial charge is 0.222 e. The highest BCUT2D eigenvalue weighted by Crippen LogP contribution is 2.02. The Morgan fingerprint density at radius 3 is 3.00 bits per heavy atom. The number of pyridine rings is 1. The number of fused-ring (bicyclic) bond motifs is 1. The largest absolute Gasteiger partial charge is 0.349 e. The van der Waals surface area contributed by atoms with Gasteiger partial charge in [-0.05, 0) is 12.1 Å². The molecule has 2 rings (SSSR count). The van der Waals surface area contributed by atoms with Gasteiger partial charge in [-0.2, -0.15) is 0 Å². The van der Waals surface area contributed by atoms with Crippen LogP contribution in [0.3, 0.4) is 0 Å². The number of carbonyl (C=O) groups is 1. The minimum absolute atomic E-state index is 0.0146. The summed E-state index contributed by atoms with van der Waals surface area (Å²) in [6.45, 7) is 4.12. The lowest BCUT2D eigenvalue weighted by Gasteiger charge is -2.05. The molecule has 0 unspecified atom stereocenters. The van der Waals surface area contributed by atoms with E-state index >= 15 is 0 Å². The first-order valence-electron chi connectivity index (χ1n) is 5.25. The minimum Gasteiger partial charge on any atom is -0.349 e. The zero-order valence-corrected chi connectivity index (χ0v) is 9.34. The molecule has 0 atom stereocenters. The summed E-state index contributed by atoms with van der Waals surface area (Å²) in [5, 5.41) is 10.8. The first-order chi connectivity index (χ1) is 7.68. The number of nitrogens with one attached hydrogen (secondary N) is 1. The average Bonchev–Trinajstić information content (AvgIpc) is 2.69. The molecule has 0 spiro atoms. The maximum Gasteiger partial charge on any atom is 0.222 e. The third kappa shape index (κ3) is 2.03. The van der Waals surface area contributed by atoms with Crippen LogP contribution in [0.2, 0.25) is 0 Å². The Kier molecular flexibility index (Phi) is 2.85. The Balaban J connectivity index is 2.13. The van der Waals surface area contributed by atoms with E-state index in [0.29, 0.717) is 6.54 Å². The fourth-order valence-corrected chi connectivity index (χ4v) is 1.38. The maximum absolute atomic E-state index is 11.4. The molecule has 0 aliphatic heterocycles. The molecule has 0 saturated heterocycles. The standard InChI is InChI=1S/C11H14N4O/c1-8(2)11(16)12-7-10-14-13-9-5-3-4-6-15(9)10/h3-6,8H,7H2,1-2H3,(H,12,16). The molecule has 0 aliphatic rings. The van der Waals surface area contributed by atoms with E-state index in [-0.39, 0.29) is 11.8 Å². The Labute approximate surface area is 93.5 Å². The molecule has 0 fully saturated rings. The number of nitrogens with zero attached hydrogens (tertiary/aromatic N) is 3. The molecule has 0 aliphatic carbocycles. The van der Waals surface area contributed by atoms with Crippen molar-refractivity contribution in [1.82, 2.24) is 19.9 Å². The second kappa shape index (κ2) is 4.30. The quantitative estimate of drug-likeness (QED) is 0.836. The molecule has 84 valence electrons. The number of hydrogen-bond donors (Lipinski definition) is 1. The molecule has 0 radical (unpaired) electrons. The van der Waals surface area contributed by atoms with Crippen LogP contribution in [0.1, 0.15) is 19.7 Å². The highest BCUT2D eigenvalue weighted by Gasteiger charge is 2.09.